The molecule has 0 atom stereocenters. The second-order valence-corrected chi connectivity index (χ2v) is 9.35. The van der Waals surface area contributed by atoms with E-state index in [1.165, 1.54) is 135 Å². The van der Waals surface area contributed by atoms with Crippen LogP contribution in [0.1, 0.15) is 143 Å². The van der Waals surface area contributed by atoms with Gasteiger partial charge >= 0.3 is 0 Å². The number of nitrogens with zero attached hydrogens (tertiary/aromatic N) is 2. The molecule has 2 nitrogen and oxygen atoms in total. The molecule has 0 N–H and O–H groups in total. The predicted molar refractivity (Wildman–Crippen MR) is 131 cm³/mol. The summed E-state index contributed by atoms with van der Waals surface area (Å²) in [5.41, 5.74) is 0. The molecule has 0 aromatic heterocycles. The monoisotopic (exact) mass is 406 g/mol. The number of rotatable bonds is 21. The van der Waals surface area contributed by atoms with Crippen molar-refractivity contribution in [3.63, 3.8) is 0 Å². The maximum Gasteiger partial charge on any atom is 0.101 e. The van der Waals surface area contributed by atoms with E-state index in [0.717, 1.165) is 0 Å². The molecule has 0 unspecified atom stereocenters. The molecular formula is C27H54N2. The van der Waals surface area contributed by atoms with Gasteiger partial charge in [0.25, 0.3) is 0 Å². The maximum atomic E-state index is 2.66. The number of hydrogen-bond acceptors (Lipinski definition) is 2. The summed E-state index contributed by atoms with van der Waals surface area (Å²) in [4.78, 5) is 5.31. The van der Waals surface area contributed by atoms with E-state index >= 15 is 0 Å². The van der Waals surface area contributed by atoms with Gasteiger partial charge in [-0.3, -0.25) is 0 Å². The largest absolute Gasteiger partial charge is 0.356 e. The molecule has 172 valence electrons. The Kier molecular flexibility index (Phi) is 17.6. The van der Waals surface area contributed by atoms with E-state index in [1.807, 2.05) is 0 Å². The van der Waals surface area contributed by atoms with Gasteiger partial charge in [0.05, 0.1) is 0 Å². The normalized spacial score (nSPS) is 14.4. The van der Waals surface area contributed by atoms with Crippen LogP contribution in [0.25, 0.3) is 0 Å². The summed E-state index contributed by atoms with van der Waals surface area (Å²) >= 11 is 0. The molecule has 0 fully saturated rings. The highest BCUT2D eigenvalue weighted by atomic mass is 15.4. The van der Waals surface area contributed by atoms with Crippen molar-refractivity contribution in [1.82, 2.24) is 9.80 Å². The molecule has 2 heteroatoms. The Hall–Kier alpha value is -0.660. The summed E-state index contributed by atoms with van der Waals surface area (Å²) < 4.78 is 0. The van der Waals surface area contributed by atoms with Gasteiger partial charge in [-0.2, -0.15) is 0 Å². The first-order valence-electron chi connectivity index (χ1n) is 13.5. The van der Waals surface area contributed by atoms with Gasteiger partial charge in [-0.15, -0.1) is 0 Å². The van der Waals surface area contributed by atoms with Crippen LogP contribution in [0, 0.1) is 0 Å². The van der Waals surface area contributed by atoms with Gasteiger partial charge in [0, 0.05) is 25.5 Å². The summed E-state index contributed by atoms with van der Waals surface area (Å²) in [6.45, 7) is 9.43. The third-order valence-electron chi connectivity index (χ3n) is 6.57. The smallest absolute Gasteiger partial charge is 0.101 e. The van der Waals surface area contributed by atoms with E-state index in [4.69, 9.17) is 0 Å². The molecule has 0 aliphatic carbocycles. The molecule has 1 aliphatic rings. The lowest BCUT2D eigenvalue weighted by Gasteiger charge is -2.33. The van der Waals surface area contributed by atoms with Gasteiger partial charge in [0.2, 0.25) is 0 Å². The van der Waals surface area contributed by atoms with Crippen LogP contribution in [0.3, 0.4) is 0 Å². The highest BCUT2D eigenvalue weighted by Gasteiger charge is 2.24. The van der Waals surface area contributed by atoms with Crippen molar-refractivity contribution in [2.45, 2.75) is 149 Å². The fraction of sp³-hybridized carbons (Fsp3) is 0.926. The average Bonchev–Trinajstić information content (AvgIpc) is 3.11. The molecule has 0 spiro atoms. The molecule has 29 heavy (non-hydrogen) atoms. The Balaban J connectivity index is 2.22. The highest BCUT2D eigenvalue weighted by Crippen LogP contribution is 2.23. The molecule has 0 bridgehead atoms. The zero-order valence-electron chi connectivity index (χ0n) is 20.5. The van der Waals surface area contributed by atoms with Crippen LogP contribution in [0.15, 0.2) is 12.4 Å². The zero-order chi connectivity index (χ0) is 21.0. The van der Waals surface area contributed by atoms with Crippen molar-refractivity contribution < 1.29 is 0 Å². The van der Waals surface area contributed by atoms with E-state index in [-0.39, 0.29) is 0 Å². The molecule has 0 radical (unpaired) electrons. The van der Waals surface area contributed by atoms with Gasteiger partial charge in [0.15, 0.2) is 0 Å². The van der Waals surface area contributed by atoms with Crippen LogP contribution in [-0.2, 0) is 0 Å². The molecule has 0 amide bonds. The minimum atomic E-state index is 0.646. The van der Waals surface area contributed by atoms with Crippen molar-refractivity contribution in [2.24, 2.45) is 0 Å². The van der Waals surface area contributed by atoms with Gasteiger partial charge in [0.1, 0.15) is 6.17 Å². The zero-order valence-corrected chi connectivity index (χ0v) is 20.5. The van der Waals surface area contributed by atoms with Gasteiger partial charge in [-0.05, 0) is 25.7 Å². The van der Waals surface area contributed by atoms with Crippen LogP contribution in [0.5, 0.6) is 0 Å². The average molecular weight is 407 g/mol. The summed E-state index contributed by atoms with van der Waals surface area (Å²) in [6, 6.07) is 0. The van der Waals surface area contributed by atoms with Crippen molar-refractivity contribution in [1.29, 1.82) is 0 Å². The van der Waals surface area contributed by atoms with Gasteiger partial charge < -0.3 is 9.80 Å². The molecule has 1 heterocycles. The van der Waals surface area contributed by atoms with Crippen LogP contribution >= 0.6 is 0 Å². The molecule has 0 aromatic carbocycles. The van der Waals surface area contributed by atoms with Gasteiger partial charge in [-0.25, -0.2) is 0 Å². The molecule has 1 rings (SSSR count). The second kappa shape index (κ2) is 19.3. The van der Waals surface area contributed by atoms with Gasteiger partial charge in [-0.1, -0.05) is 117 Å². The Bertz CT molecular complexity index is 344. The second-order valence-electron chi connectivity index (χ2n) is 9.35. The summed E-state index contributed by atoms with van der Waals surface area (Å²) in [7, 11) is 0. The molecule has 0 saturated heterocycles. The predicted octanol–water partition coefficient (Wildman–Crippen LogP) is 8.87. The third kappa shape index (κ3) is 13.3. The Morgan fingerprint density at radius 3 is 1.21 bits per heavy atom. The minimum Gasteiger partial charge on any atom is -0.356 e. The SMILES string of the molecule is CCCCCCCCCCCCC1N(CCCCCC)C=CN1CCCCCC. The number of unbranched alkanes of at least 4 members (excludes halogenated alkanes) is 15. The number of hydrogen-bond donors (Lipinski definition) is 0. The molecule has 0 saturated carbocycles. The highest BCUT2D eigenvalue weighted by molar-refractivity contribution is 4.96. The Morgan fingerprint density at radius 2 is 0.793 bits per heavy atom. The first kappa shape index (κ1) is 26.4. The minimum absolute atomic E-state index is 0.646. The molecule has 0 aromatic rings. The lowest BCUT2D eigenvalue weighted by atomic mass is 10.0. The fourth-order valence-electron chi connectivity index (χ4n) is 4.60. The first-order valence-corrected chi connectivity index (χ1v) is 13.5. The fourth-order valence-corrected chi connectivity index (χ4v) is 4.60. The first-order chi connectivity index (χ1) is 14.3. The van der Waals surface area contributed by atoms with Crippen LogP contribution in [0.2, 0.25) is 0 Å². The van der Waals surface area contributed by atoms with E-state index in [1.54, 1.807) is 0 Å². The van der Waals surface area contributed by atoms with Crippen LogP contribution in [0.4, 0.5) is 0 Å². The van der Waals surface area contributed by atoms with Crippen molar-refractivity contribution >= 4 is 0 Å². The van der Waals surface area contributed by atoms with E-state index in [2.05, 4.69) is 43.0 Å². The van der Waals surface area contributed by atoms with E-state index < -0.39 is 0 Å². The van der Waals surface area contributed by atoms with Crippen molar-refractivity contribution in [2.75, 3.05) is 13.1 Å². The molecular weight excluding hydrogens is 352 g/mol. The van der Waals surface area contributed by atoms with E-state index in [9.17, 15) is 0 Å². The topological polar surface area (TPSA) is 6.48 Å². The van der Waals surface area contributed by atoms with Crippen LogP contribution < -0.4 is 0 Å². The molecule has 1 aliphatic heterocycles. The third-order valence-corrected chi connectivity index (χ3v) is 6.57. The summed E-state index contributed by atoms with van der Waals surface area (Å²) in [5.74, 6) is 0. The standard InChI is InChI=1S/C27H54N2/c1-4-7-10-13-14-15-16-17-18-19-22-27-28(23-20-11-8-5-2)25-26-29(27)24-21-12-9-6-3/h25-27H,4-24H2,1-3H3. The Labute approximate surface area is 184 Å². The summed E-state index contributed by atoms with van der Waals surface area (Å²) in [5, 5.41) is 0. The van der Waals surface area contributed by atoms with Crippen LogP contribution in [-0.4, -0.2) is 29.1 Å². The van der Waals surface area contributed by atoms with E-state index in [0.29, 0.717) is 6.17 Å². The summed E-state index contributed by atoms with van der Waals surface area (Å²) in [6.07, 6.45) is 32.1. The Morgan fingerprint density at radius 1 is 0.448 bits per heavy atom. The lowest BCUT2D eigenvalue weighted by molar-refractivity contribution is 0.135. The lowest BCUT2D eigenvalue weighted by Crippen LogP contribution is -2.39. The quantitative estimate of drug-likeness (QED) is 0.176. The van der Waals surface area contributed by atoms with Crippen molar-refractivity contribution in [3.8, 4) is 0 Å². The van der Waals surface area contributed by atoms with Crippen molar-refractivity contribution in [3.05, 3.63) is 12.4 Å². The maximum absolute atomic E-state index is 2.66.